The molecule has 0 heterocycles. The lowest BCUT2D eigenvalue weighted by Crippen LogP contribution is -1.85. The number of rotatable bonds is 13. The number of carboxylic acid groups (broad SMARTS) is 1. The summed E-state index contributed by atoms with van der Waals surface area (Å²) in [4.78, 5) is 10.2. The highest BCUT2D eigenvalue weighted by Gasteiger charge is 1.92. The van der Waals surface area contributed by atoms with Crippen molar-refractivity contribution in [1.29, 1.82) is 0 Å². The number of hydrogen-bond donors (Lipinski definition) is 1. The molecule has 2 nitrogen and oxygen atoms in total. The molecular weight excluding hydrogens is 224 g/mol. The first-order chi connectivity index (χ1) is 8.77. The zero-order valence-electron chi connectivity index (χ0n) is 12.0. The van der Waals surface area contributed by atoms with Crippen LogP contribution in [-0.4, -0.2) is 11.1 Å². The van der Waals surface area contributed by atoms with Crippen LogP contribution in [0.1, 0.15) is 84.0 Å². The summed E-state index contributed by atoms with van der Waals surface area (Å²) < 4.78 is 0. The van der Waals surface area contributed by atoms with Crippen LogP contribution in [0.5, 0.6) is 0 Å². The lowest BCUT2D eigenvalue weighted by molar-refractivity contribution is -0.131. The van der Waals surface area contributed by atoms with Gasteiger partial charge in [0.25, 0.3) is 0 Å². The van der Waals surface area contributed by atoms with Crippen molar-refractivity contribution in [3.63, 3.8) is 0 Å². The van der Waals surface area contributed by atoms with Gasteiger partial charge in [-0.05, 0) is 12.8 Å². The van der Waals surface area contributed by atoms with E-state index in [2.05, 4.69) is 6.92 Å². The zero-order valence-corrected chi connectivity index (χ0v) is 12.0. The minimum atomic E-state index is -0.835. The summed E-state index contributed by atoms with van der Waals surface area (Å²) in [6.45, 7) is 2.26. The van der Waals surface area contributed by atoms with Crippen molar-refractivity contribution in [1.82, 2.24) is 0 Å². The van der Waals surface area contributed by atoms with Crippen LogP contribution in [0.2, 0.25) is 0 Å². The number of hydrogen-bond acceptors (Lipinski definition) is 1. The van der Waals surface area contributed by atoms with Gasteiger partial charge in [0.1, 0.15) is 0 Å². The molecule has 0 aromatic rings. The zero-order chi connectivity index (χ0) is 13.5. The second kappa shape index (κ2) is 14.3. The summed E-state index contributed by atoms with van der Waals surface area (Å²) in [6, 6.07) is 0. The van der Waals surface area contributed by atoms with E-state index in [-0.39, 0.29) is 0 Å². The Balaban J connectivity index is 3.01. The largest absolute Gasteiger partial charge is 0.478 e. The highest BCUT2D eigenvalue weighted by atomic mass is 16.4. The third-order valence-electron chi connectivity index (χ3n) is 3.23. The third kappa shape index (κ3) is 15.2. The van der Waals surface area contributed by atoms with E-state index in [1.807, 2.05) is 0 Å². The van der Waals surface area contributed by atoms with Crippen LogP contribution in [0.25, 0.3) is 0 Å². The molecule has 0 aliphatic rings. The van der Waals surface area contributed by atoms with Gasteiger partial charge in [-0.3, -0.25) is 0 Å². The fourth-order valence-corrected chi connectivity index (χ4v) is 2.11. The fourth-order valence-electron chi connectivity index (χ4n) is 2.11. The molecule has 0 aliphatic carbocycles. The summed E-state index contributed by atoms with van der Waals surface area (Å²) >= 11 is 0. The number of allylic oxidation sites excluding steroid dienone is 1. The van der Waals surface area contributed by atoms with Crippen molar-refractivity contribution in [2.24, 2.45) is 0 Å². The SMILES string of the molecule is CCCCCCCCCCCCC/C=C/C(=O)O. The Kier molecular flexibility index (Phi) is 13.6. The molecule has 0 radical (unpaired) electrons. The maximum absolute atomic E-state index is 10.2. The van der Waals surface area contributed by atoms with Gasteiger partial charge in [0, 0.05) is 6.08 Å². The Hall–Kier alpha value is -0.790. The van der Waals surface area contributed by atoms with E-state index in [9.17, 15) is 4.79 Å². The normalized spacial score (nSPS) is 11.2. The molecule has 0 saturated heterocycles. The summed E-state index contributed by atoms with van der Waals surface area (Å²) in [6.07, 6.45) is 18.6. The van der Waals surface area contributed by atoms with Crippen LogP contribution < -0.4 is 0 Å². The van der Waals surface area contributed by atoms with Crippen LogP contribution in [0.3, 0.4) is 0 Å². The third-order valence-corrected chi connectivity index (χ3v) is 3.23. The number of carboxylic acids is 1. The average Bonchev–Trinajstić information content (AvgIpc) is 2.34. The van der Waals surface area contributed by atoms with Crippen LogP contribution >= 0.6 is 0 Å². The maximum Gasteiger partial charge on any atom is 0.327 e. The molecule has 0 bridgehead atoms. The molecule has 0 amide bonds. The molecule has 0 unspecified atom stereocenters. The van der Waals surface area contributed by atoms with E-state index in [0.717, 1.165) is 12.8 Å². The molecule has 2 heteroatoms. The molecule has 1 N–H and O–H groups in total. The molecule has 0 saturated carbocycles. The Morgan fingerprint density at radius 2 is 1.28 bits per heavy atom. The van der Waals surface area contributed by atoms with Gasteiger partial charge in [0.2, 0.25) is 0 Å². The fraction of sp³-hybridized carbons (Fsp3) is 0.812. The van der Waals surface area contributed by atoms with Crippen molar-refractivity contribution < 1.29 is 9.90 Å². The van der Waals surface area contributed by atoms with Crippen LogP contribution in [0.4, 0.5) is 0 Å². The molecule has 0 aliphatic heterocycles. The van der Waals surface area contributed by atoms with Crippen LogP contribution in [0, 0.1) is 0 Å². The molecule has 0 rings (SSSR count). The second-order valence-electron chi connectivity index (χ2n) is 5.06. The predicted molar refractivity (Wildman–Crippen MR) is 77.9 cm³/mol. The summed E-state index contributed by atoms with van der Waals surface area (Å²) in [5, 5.41) is 8.40. The molecule has 0 aromatic carbocycles. The van der Waals surface area contributed by atoms with Crippen molar-refractivity contribution in [2.45, 2.75) is 84.0 Å². The first-order valence-corrected chi connectivity index (χ1v) is 7.67. The summed E-state index contributed by atoms with van der Waals surface area (Å²) in [7, 11) is 0. The maximum atomic E-state index is 10.2. The first-order valence-electron chi connectivity index (χ1n) is 7.67. The van der Waals surface area contributed by atoms with E-state index >= 15 is 0 Å². The van der Waals surface area contributed by atoms with Gasteiger partial charge in [-0.25, -0.2) is 4.79 Å². The van der Waals surface area contributed by atoms with Gasteiger partial charge in [0.05, 0.1) is 0 Å². The lowest BCUT2D eigenvalue weighted by Gasteiger charge is -2.01. The minimum absolute atomic E-state index is 0.835. The molecule has 0 spiro atoms. The van der Waals surface area contributed by atoms with Gasteiger partial charge in [-0.15, -0.1) is 0 Å². The second-order valence-corrected chi connectivity index (χ2v) is 5.06. The smallest absolute Gasteiger partial charge is 0.327 e. The quantitative estimate of drug-likeness (QED) is 0.356. The van der Waals surface area contributed by atoms with Gasteiger partial charge in [-0.1, -0.05) is 77.2 Å². The first kappa shape index (κ1) is 17.2. The van der Waals surface area contributed by atoms with E-state index in [1.54, 1.807) is 6.08 Å². The van der Waals surface area contributed by atoms with Crippen molar-refractivity contribution >= 4 is 5.97 Å². The minimum Gasteiger partial charge on any atom is -0.478 e. The molecular formula is C16H30O2. The number of carbonyl (C=O) groups is 1. The van der Waals surface area contributed by atoms with E-state index in [1.165, 1.54) is 70.3 Å². The van der Waals surface area contributed by atoms with Gasteiger partial charge in [0.15, 0.2) is 0 Å². The Morgan fingerprint density at radius 1 is 0.833 bits per heavy atom. The van der Waals surface area contributed by atoms with Crippen molar-refractivity contribution in [3.05, 3.63) is 12.2 Å². The number of unbranched alkanes of at least 4 members (excludes halogenated alkanes) is 11. The van der Waals surface area contributed by atoms with Crippen molar-refractivity contribution in [2.75, 3.05) is 0 Å². The topological polar surface area (TPSA) is 37.3 Å². The highest BCUT2D eigenvalue weighted by Crippen LogP contribution is 2.11. The Labute approximate surface area is 112 Å². The molecule has 0 aromatic heterocycles. The van der Waals surface area contributed by atoms with Gasteiger partial charge < -0.3 is 5.11 Å². The summed E-state index contributed by atoms with van der Waals surface area (Å²) in [5.41, 5.74) is 0. The monoisotopic (exact) mass is 254 g/mol. The van der Waals surface area contributed by atoms with Gasteiger partial charge in [-0.2, -0.15) is 0 Å². The molecule has 0 fully saturated rings. The standard InChI is InChI=1S/C16H30O2/c1-2-3-4-5-6-7-8-9-10-11-12-13-14-15-16(17)18/h14-15H,2-13H2,1H3,(H,17,18)/b15-14+. The molecule has 106 valence electrons. The van der Waals surface area contributed by atoms with E-state index in [4.69, 9.17) is 5.11 Å². The molecule has 18 heavy (non-hydrogen) atoms. The average molecular weight is 254 g/mol. The van der Waals surface area contributed by atoms with E-state index in [0.29, 0.717) is 0 Å². The lowest BCUT2D eigenvalue weighted by atomic mass is 10.1. The highest BCUT2D eigenvalue weighted by molar-refractivity contribution is 5.79. The van der Waals surface area contributed by atoms with E-state index < -0.39 is 5.97 Å². The van der Waals surface area contributed by atoms with Gasteiger partial charge >= 0.3 is 5.97 Å². The van der Waals surface area contributed by atoms with Crippen LogP contribution in [-0.2, 0) is 4.79 Å². The van der Waals surface area contributed by atoms with Crippen molar-refractivity contribution in [3.8, 4) is 0 Å². The van der Waals surface area contributed by atoms with Crippen LogP contribution in [0.15, 0.2) is 12.2 Å². The number of aliphatic carboxylic acids is 1. The Morgan fingerprint density at radius 3 is 1.72 bits per heavy atom. The molecule has 0 atom stereocenters. The Bertz CT molecular complexity index is 209. The predicted octanol–water partition coefficient (Wildman–Crippen LogP) is 5.33. The summed E-state index contributed by atoms with van der Waals surface area (Å²) in [5.74, 6) is -0.835.